The first-order chi connectivity index (χ1) is 9.00. The van der Waals surface area contributed by atoms with Gasteiger partial charge in [-0.05, 0) is 60.6 Å². The Morgan fingerprint density at radius 2 is 1.95 bits per heavy atom. The van der Waals surface area contributed by atoms with E-state index in [2.05, 4.69) is 29.5 Å². The molecule has 1 aliphatic rings. The number of hydrogen-bond donors (Lipinski definition) is 0. The lowest BCUT2D eigenvalue weighted by molar-refractivity contribution is -0.149. The van der Waals surface area contributed by atoms with Crippen molar-refractivity contribution in [2.75, 3.05) is 6.61 Å². The van der Waals surface area contributed by atoms with Crippen LogP contribution in [0, 0.1) is 3.57 Å². The summed E-state index contributed by atoms with van der Waals surface area (Å²) >= 11 is 2.26. The number of carbonyl (C=O) groups is 1. The number of ether oxygens (including phenoxy) is 2. The second kappa shape index (κ2) is 5.40. The molecule has 3 nitrogen and oxygen atoms in total. The van der Waals surface area contributed by atoms with Crippen LogP contribution in [-0.4, -0.2) is 18.2 Å². The van der Waals surface area contributed by atoms with Gasteiger partial charge in [-0.15, -0.1) is 0 Å². The first-order valence-corrected chi connectivity index (χ1v) is 7.71. The number of hydrogen-bond acceptors (Lipinski definition) is 3. The zero-order valence-electron chi connectivity index (χ0n) is 11.5. The molecule has 0 spiro atoms. The van der Waals surface area contributed by atoms with Crippen molar-refractivity contribution in [2.24, 2.45) is 0 Å². The van der Waals surface area contributed by atoms with Crippen molar-refractivity contribution in [3.63, 3.8) is 0 Å². The Kier molecular flexibility index (Phi) is 4.20. The SMILES string of the molecule is CCCC1(C(=O)OCC)OC1(C)c1ccc(I)cc1. The van der Waals surface area contributed by atoms with Crippen LogP contribution in [0.5, 0.6) is 0 Å². The molecule has 0 aromatic heterocycles. The fourth-order valence-corrected chi connectivity index (χ4v) is 2.97. The molecule has 0 N–H and O–H groups in total. The highest BCUT2D eigenvalue weighted by atomic mass is 127. The highest BCUT2D eigenvalue weighted by Gasteiger charge is 2.73. The van der Waals surface area contributed by atoms with Gasteiger partial charge in [0.15, 0.2) is 5.60 Å². The molecule has 0 aliphatic carbocycles. The second-order valence-electron chi connectivity index (χ2n) is 4.94. The lowest BCUT2D eigenvalue weighted by Crippen LogP contribution is -2.33. The Hall–Kier alpha value is -0.620. The number of benzene rings is 1. The van der Waals surface area contributed by atoms with Crippen molar-refractivity contribution >= 4 is 28.6 Å². The summed E-state index contributed by atoms with van der Waals surface area (Å²) in [4.78, 5) is 12.2. The third-order valence-electron chi connectivity index (χ3n) is 3.71. The summed E-state index contributed by atoms with van der Waals surface area (Å²) in [5.74, 6) is -0.238. The number of carbonyl (C=O) groups excluding carboxylic acids is 1. The molecule has 2 rings (SSSR count). The van der Waals surface area contributed by atoms with E-state index in [0.717, 1.165) is 12.0 Å². The van der Waals surface area contributed by atoms with E-state index in [9.17, 15) is 4.79 Å². The van der Waals surface area contributed by atoms with Crippen molar-refractivity contribution in [2.45, 2.75) is 44.8 Å². The first-order valence-electron chi connectivity index (χ1n) is 6.63. The van der Waals surface area contributed by atoms with E-state index >= 15 is 0 Å². The molecule has 2 unspecified atom stereocenters. The zero-order chi connectivity index (χ0) is 14.1. The summed E-state index contributed by atoms with van der Waals surface area (Å²) in [5, 5.41) is 0. The summed E-state index contributed by atoms with van der Waals surface area (Å²) < 4.78 is 12.3. The van der Waals surface area contributed by atoms with E-state index in [1.54, 1.807) is 0 Å². The van der Waals surface area contributed by atoms with Crippen molar-refractivity contribution in [3.05, 3.63) is 33.4 Å². The van der Waals surface area contributed by atoms with E-state index in [0.29, 0.717) is 13.0 Å². The first kappa shape index (κ1) is 14.8. The van der Waals surface area contributed by atoms with Gasteiger partial charge in [0.25, 0.3) is 0 Å². The Labute approximate surface area is 127 Å². The summed E-state index contributed by atoms with van der Waals surface area (Å²) in [7, 11) is 0. The van der Waals surface area contributed by atoms with Crippen molar-refractivity contribution < 1.29 is 14.3 Å². The molecule has 0 bridgehead atoms. The van der Waals surface area contributed by atoms with Crippen LogP contribution in [0.2, 0.25) is 0 Å². The average Bonchev–Trinajstić information content (AvgIpc) is 2.99. The minimum absolute atomic E-state index is 0.238. The maximum absolute atomic E-state index is 12.2. The maximum Gasteiger partial charge on any atom is 0.341 e. The van der Waals surface area contributed by atoms with Crippen LogP contribution in [-0.2, 0) is 19.9 Å². The average molecular weight is 374 g/mol. The van der Waals surface area contributed by atoms with Gasteiger partial charge in [-0.3, -0.25) is 0 Å². The molecule has 104 valence electrons. The monoisotopic (exact) mass is 374 g/mol. The van der Waals surface area contributed by atoms with Crippen LogP contribution in [0.4, 0.5) is 0 Å². The molecule has 1 saturated heterocycles. The summed E-state index contributed by atoms with van der Waals surface area (Å²) in [6, 6.07) is 8.12. The van der Waals surface area contributed by atoms with Crippen LogP contribution in [0.25, 0.3) is 0 Å². The molecule has 1 aromatic rings. The van der Waals surface area contributed by atoms with Gasteiger partial charge in [-0.2, -0.15) is 0 Å². The third-order valence-corrected chi connectivity index (χ3v) is 4.43. The Balaban J connectivity index is 2.29. The van der Waals surface area contributed by atoms with Crippen LogP contribution in [0.1, 0.15) is 39.2 Å². The normalized spacial score (nSPS) is 29.1. The molecule has 1 heterocycles. The smallest absolute Gasteiger partial charge is 0.341 e. The molecule has 0 amide bonds. The van der Waals surface area contributed by atoms with Gasteiger partial charge >= 0.3 is 5.97 Å². The second-order valence-corrected chi connectivity index (χ2v) is 6.19. The summed E-state index contributed by atoms with van der Waals surface area (Å²) in [6.45, 7) is 6.23. The van der Waals surface area contributed by atoms with Crippen molar-refractivity contribution in [1.82, 2.24) is 0 Å². The molecule has 1 fully saturated rings. The highest BCUT2D eigenvalue weighted by Crippen LogP contribution is 2.58. The number of halogens is 1. The quantitative estimate of drug-likeness (QED) is 0.449. The Morgan fingerprint density at radius 3 is 2.47 bits per heavy atom. The van der Waals surface area contributed by atoms with Gasteiger partial charge in [0.05, 0.1) is 6.61 Å². The van der Waals surface area contributed by atoms with E-state index in [1.165, 1.54) is 3.57 Å². The van der Waals surface area contributed by atoms with E-state index in [1.807, 2.05) is 38.1 Å². The lowest BCUT2D eigenvalue weighted by atomic mass is 9.85. The van der Waals surface area contributed by atoms with Crippen LogP contribution >= 0.6 is 22.6 Å². The third kappa shape index (κ3) is 2.40. The fourth-order valence-electron chi connectivity index (χ4n) is 2.61. The van der Waals surface area contributed by atoms with E-state index < -0.39 is 11.2 Å². The van der Waals surface area contributed by atoms with Crippen LogP contribution in [0.3, 0.4) is 0 Å². The standard InChI is InChI=1S/C15H19IO3/c1-4-10-15(13(17)18-5-2)14(3,19-15)11-6-8-12(16)9-7-11/h6-9H,4-5,10H2,1-3H3. The van der Waals surface area contributed by atoms with Gasteiger partial charge in [0, 0.05) is 3.57 Å². The molecular weight excluding hydrogens is 355 g/mol. The van der Waals surface area contributed by atoms with E-state index in [4.69, 9.17) is 9.47 Å². The fraction of sp³-hybridized carbons (Fsp3) is 0.533. The number of esters is 1. The molecular formula is C15H19IO3. The molecule has 19 heavy (non-hydrogen) atoms. The molecule has 0 saturated carbocycles. The minimum Gasteiger partial charge on any atom is -0.464 e. The lowest BCUT2D eigenvalue weighted by Gasteiger charge is -2.15. The van der Waals surface area contributed by atoms with Crippen LogP contribution in [0.15, 0.2) is 24.3 Å². The van der Waals surface area contributed by atoms with Gasteiger partial charge in [0.2, 0.25) is 0 Å². The van der Waals surface area contributed by atoms with Crippen molar-refractivity contribution in [1.29, 1.82) is 0 Å². The number of rotatable bonds is 5. The minimum atomic E-state index is -0.801. The maximum atomic E-state index is 12.2. The largest absolute Gasteiger partial charge is 0.464 e. The van der Waals surface area contributed by atoms with Crippen LogP contribution < -0.4 is 0 Å². The molecule has 1 aliphatic heterocycles. The predicted molar refractivity (Wildman–Crippen MR) is 81.9 cm³/mol. The Bertz CT molecular complexity index is 471. The molecule has 1 aromatic carbocycles. The van der Waals surface area contributed by atoms with Crippen molar-refractivity contribution in [3.8, 4) is 0 Å². The molecule has 2 atom stereocenters. The van der Waals surface area contributed by atoms with Gasteiger partial charge in [-0.1, -0.05) is 25.5 Å². The van der Waals surface area contributed by atoms with E-state index in [-0.39, 0.29) is 5.97 Å². The van der Waals surface area contributed by atoms with Gasteiger partial charge in [-0.25, -0.2) is 4.79 Å². The molecule has 0 radical (unpaired) electrons. The highest BCUT2D eigenvalue weighted by molar-refractivity contribution is 14.1. The van der Waals surface area contributed by atoms with Gasteiger partial charge in [0.1, 0.15) is 5.60 Å². The topological polar surface area (TPSA) is 38.8 Å². The predicted octanol–water partition coefficient (Wildman–Crippen LogP) is 3.64. The summed E-state index contributed by atoms with van der Waals surface area (Å²) in [5.41, 5.74) is -0.320. The Morgan fingerprint density at radius 1 is 1.32 bits per heavy atom. The van der Waals surface area contributed by atoms with Gasteiger partial charge < -0.3 is 9.47 Å². The number of epoxide rings is 1. The summed E-state index contributed by atoms with van der Waals surface area (Å²) in [6.07, 6.45) is 1.58. The zero-order valence-corrected chi connectivity index (χ0v) is 13.7. The molecule has 4 heteroatoms.